The first kappa shape index (κ1) is 12.3. The van der Waals surface area contributed by atoms with E-state index in [1.807, 2.05) is 18.2 Å². The first-order valence-electron chi connectivity index (χ1n) is 5.71. The van der Waals surface area contributed by atoms with E-state index in [0.717, 1.165) is 21.6 Å². The van der Waals surface area contributed by atoms with Gasteiger partial charge in [0.25, 0.3) is 0 Å². The molecule has 1 aromatic heterocycles. The van der Waals surface area contributed by atoms with Crippen molar-refractivity contribution in [1.29, 1.82) is 0 Å². The minimum absolute atomic E-state index is 0.0986. The van der Waals surface area contributed by atoms with E-state index in [2.05, 4.69) is 31.8 Å². The zero-order chi connectivity index (χ0) is 12.6. The summed E-state index contributed by atoms with van der Waals surface area (Å²) in [6.07, 6.45) is 0. The standard InChI is InChI=1S/C14H17ClN2/c1-9-6-13(14(2,3)8-16)17-12-5-4-10(15)7-11(9)12/h4-7H,8,16H2,1-3H3. The smallest absolute Gasteiger partial charge is 0.0709 e. The third-order valence-corrected chi connectivity index (χ3v) is 3.42. The quantitative estimate of drug-likeness (QED) is 0.884. The Bertz CT molecular complexity index is 561. The van der Waals surface area contributed by atoms with Gasteiger partial charge in [-0.25, -0.2) is 0 Å². The van der Waals surface area contributed by atoms with Crippen molar-refractivity contribution in [3.8, 4) is 0 Å². The second-order valence-electron chi connectivity index (χ2n) is 5.07. The molecule has 0 saturated carbocycles. The lowest BCUT2D eigenvalue weighted by Crippen LogP contribution is -2.29. The lowest BCUT2D eigenvalue weighted by Gasteiger charge is -2.22. The summed E-state index contributed by atoms with van der Waals surface area (Å²) < 4.78 is 0. The summed E-state index contributed by atoms with van der Waals surface area (Å²) in [7, 11) is 0. The van der Waals surface area contributed by atoms with Gasteiger partial charge < -0.3 is 5.73 Å². The second-order valence-corrected chi connectivity index (χ2v) is 5.51. The summed E-state index contributed by atoms with van der Waals surface area (Å²) in [5, 5.41) is 1.85. The van der Waals surface area contributed by atoms with Crippen molar-refractivity contribution in [3.63, 3.8) is 0 Å². The van der Waals surface area contributed by atoms with Gasteiger partial charge in [-0.05, 0) is 36.8 Å². The summed E-state index contributed by atoms with van der Waals surface area (Å²) in [5.41, 5.74) is 8.90. The van der Waals surface area contributed by atoms with Gasteiger partial charge in [0.1, 0.15) is 0 Å². The molecule has 0 fully saturated rings. The van der Waals surface area contributed by atoms with E-state index < -0.39 is 0 Å². The highest BCUT2D eigenvalue weighted by molar-refractivity contribution is 6.31. The number of nitrogens with zero attached hydrogens (tertiary/aromatic N) is 1. The Labute approximate surface area is 107 Å². The topological polar surface area (TPSA) is 38.9 Å². The predicted molar refractivity (Wildman–Crippen MR) is 73.6 cm³/mol. The van der Waals surface area contributed by atoms with Gasteiger partial charge in [0.15, 0.2) is 0 Å². The van der Waals surface area contributed by atoms with Gasteiger partial charge in [-0.2, -0.15) is 0 Å². The zero-order valence-electron chi connectivity index (χ0n) is 10.4. The van der Waals surface area contributed by atoms with Crippen LogP contribution in [0.1, 0.15) is 25.1 Å². The van der Waals surface area contributed by atoms with Crippen LogP contribution in [-0.2, 0) is 5.41 Å². The molecule has 0 saturated heterocycles. The highest BCUT2D eigenvalue weighted by Gasteiger charge is 2.21. The Morgan fingerprint density at radius 3 is 2.65 bits per heavy atom. The monoisotopic (exact) mass is 248 g/mol. The molecule has 0 aliphatic heterocycles. The number of fused-ring (bicyclic) bond motifs is 1. The third-order valence-electron chi connectivity index (χ3n) is 3.18. The summed E-state index contributed by atoms with van der Waals surface area (Å²) in [6, 6.07) is 7.89. The molecule has 1 heterocycles. The van der Waals surface area contributed by atoms with Crippen LogP contribution in [0.25, 0.3) is 10.9 Å². The maximum absolute atomic E-state index is 6.00. The molecule has 0 atom stereocenters. The van der Waals surface area contributed by atoms with Gasteiger partial charge in [0, 0.05) is 28.1 Å². The summed E-state index contributed by atoms with van der Waals surface area (Å²) in [6.45, 7) is 6.88. The van der Waals surface area contributed by atoms with Crippen LogP contribution in [0.5, 0.6) is 0 Å². The van der Waals surface area contributed by atoms with Gasteiger partial charge >= 0.3 is 0 Å². The molecule has 2 nitrogen and oxygen atoms in total. The maximum Gasteiger partial charge on any atom is 0.0709 e. The normalized spacial score (nSPS) is 12.1. The summed E-state index contributed by atoms with van der Waals surface area (Å²) in [4.78, 5) is 4.68. The summed E-state index contributed by atoms with van der Waals surface area (Å²) in [5.74, 6) is 0. The molecule has 0 aliphatic carbocycles. The van der Waals surface area contributed by atoms with Crippen LogP contribution in [0.4, 0.5) is 0 Å². The van der Waals surface area contributed by atoms with Crippen LogP contribution in [0, 0.1) is 6.92 Å². The Hall–Kier alpha value is -1.12. The average molecular weight is 249 g/mol. The molecule has 2 N–H and O–H groups in total. The Balaban J connectivity index is 2.68. The molecule has 0 spiro atoms. The lowest BCUT2D eigenvalue weighted by atomic mass is 9.88. The van der Waals surface area contributed by atoms with Gasteiger partial charge in [-0.1, -0.05) is 25.4 Å². The van der Waals surface area contributed by atoms with Crippen LogP contribution in [0.3, 0.4) is 0 Å². The van der Waals surface area contributed by atoms with E-state index in [1.165, 1.54) is 5.56 Å². The maximum atomic E-state index is 6.00. The first-order chi connectivity index (χ1) is 7.94. The highest BCUT2D eigenvalue weighted by atomic mass is 35.5. The van der Waals surface area contributed by atoms with E-state index in [-0.39, 0.29) is 5.41 Å². The van der Waals surface area contributed by atoms with Crippen LogP contribution < -0.4 is 5.73 Å². The van der Waals surface area contributed by atoms with Gasteiger partial charge in [-0.3, -0.25) is 4.98 Å². The first-order valence-corrected chi connectivity index (χ1v) is 6.09. The molecule has 0 amide bonds. The number of hydrogen-bond acceptors (Lipinski definition) is 2. The average Bonchev–Trinajstić information content (AvgIpc) is 2.29. The fourth-order valence-electron chi connectivity index (χ4n) is 1.82. The predicted octanol–water partition coefficient (Wildman–Crippen LogP) is 3.43. The van der Waals surface area contributed by atoms with Crippen LogP contribution in [0.2, 0.25) is 5.02 Å². The summed E-state index contributed by atoms with van der Waals surface area (Å²) >= 11 is 6.00. The number of pyridine rings is 1. The Morgan fingerprint density at radius 1 is 1.29 bits per heavy atom. The van der Waals surface area contributed by atoms with E-state index in [0.29, 0.717) is 6.54 Å². The molecule has 0 unspecified atom stereocenters. The van der Waals surface area contributed by atoms with E-state index in [1.54, 1.807) is 0 Å². The molecule has 0 aliphatic rings. The number of halogens is 1. The molecular weight excluding hydrogens is 232 g/mol. The Morgan fingerprint density at radius 2 is 2.00 bits per heavy atom. The fraction of sp³-hybridized carbons (Fsp3) is 0.357. The van der Waals surface area contributed by atoms with Crippen molar-refractivity contribution < 1.29 is 0 Å². The van der Waals surface area contributed by atoms with Crippen molar-refractivity contribution in [1.82, 2.24) is 4.98 Å². The second kappa shape index (κ2) is 4.28. The molecule has 0 radical (unpaired) electrons. The number of nitrogens with two attached hydrogens (primary N) is 1. The molecule has 3 heteroatoms. The fourth-order valence-corrected chi connectivity index (χ4v) is 1.99. The van der Waals surface area contributed by atoms with Crippen LogP contribution in [0.15, 0.2) is 24.3 Å². The molecule has 0 bridgehead atoms. The number of hydrogen-bond donors (Lipinski definition) is 1. The molecule has 17 heavy (non-hydrogen) atoms. The number of benzene rings is 1. The lowest BCUT2D eigenvalue weighted by molar-refractivity contribution is 0.523. The van der Waals surface area contributed by atoms with Crippen LogP contribution >= 0.6 is 11.6 Å². The molecular formula is C14H17ClN2. The zero-order valence-corrected chi connectivity index (χ0v) is 11.2. The van der Waals surface area contributed by atoms with Crippen LogP contribution in [-0.4, -0.2) is 11.5 Å². The van der Waals surface area contributed by atoms with Gasteiger partial charge in [0.05, 0.1) is 5.52 Å². The largest absolute Gasteiger partial charge is 0.330 e. The third kappa shape index (κ3) is 2.28. The van der Waals surface area contributed by atoms with Gasteiger partial charge in [-0.15, -0.1) is 0 Å². The number of rotatable bonds is 2. The van der Waals surface area contributed by atoms with Gasteiger partial charge in [0.2, 0.25) is 0 Å². The van der Waals surface area contributed by atoms with Crippen molar-refractivity contribution in [3.05, 3.63) is 40.5 Å². The molecule has 2 rings (SSSR count). The van der Waals surface area contributed by atoms with E-state index >= 15 is 0 Å². The Kier molecular flexibility index (Phi) is 3.11. The minimum Gasteiger partial charge on any atom is -0.330 e. The van der Waals surface area contributed by atoms with E-state index in [9.17, 15) is 0 Å². The van der Waals surface area contributed by atoms with Crippen molar-refractivity contribution in [2.45, 2.75) is 26.2 Å². The molecule has 1 aromatic carbocycles. The SMILES string of the molecule is Cc1cc(C(C)(C)CN)nc2ccc(Cl)cc12. The van der Waals surface area contributed by atoms with Crippen molar-refractivity contribution in [2.75, 3.05) is 6.54 Å². The number of aryl methyl sites for hydroxylation is 1. The van der Waals surface area contributed by atoms with Crippen molar-refractivity contribution in [2.24, 2.45) is 5.73 Å². The molecule has 90 valence electrons. The minimum atomic E-state index is -0.0986. The number of aromatic nitrogens is 1. The highest BCUT2D eigenvalue weighted by Crippen LogP contribution is 2.27. The molecule has 2 aromatic rings. The van der Waals surface area contributed by atoms with E-state index in [4.69, 9.17) is 17.3 Å². The van der Waals surface area contributed by atoms with Crippen molar-refractivity contribution >= 4 is 22.5 Å².